The molecule has 0 heterocycles. The molecule has 0 bridgehead atoms. The molecule has 0 fully saturated rings. The topological polar surface area (TPSA) is 0 Å². The van der Waals surface area contributed by atoms with Crippen LogP contribution in [-0.2, 0) is 0 Å². The lowest BCUT2D eigenvalue weighted by Gasteiger charge is -2.08. The smallest absolute Gasteiger partial charge is 0.198 e. The number of halogens is 8. The SMILES string of the molecule is Cc1ccc(C)c(C=Cc2ccccc2-c2ccccc2)c1.Fc1c(F)c(F)c2c(F)c(F)c(F)c(F)c2c1F. The van der Waals surface area contributed by atoms with Crippen molar-refractivity contribution in [3.63, 3.8) is 0 Å². The van der Waals surface area contributed by atoms with Crippen LogP contribution in [0.4, 0.5) is 35.1 Å². The van der Waals surface area contributed by atoms with Crippen molar-refractivity contribution in [1.82, 2.24) is 0 Å². The molecule has 0 saturated heterocycles. The van der Waals surface area contributed by atoms with E-state index in [0.29, 0.717) is 0 Å². The Bertz CT molecular complexity index is 1630. The first-order chi connectivity index (χ1) is 19.0. The molecule has 0 aliphatic rings. The summed E-state index contributed by atoms with van der Waals surface area (Å²) in [6, 6.07) is 25.6. The van der Waals surface area contributed by atoms with Crippen LogP contribution in [0.5, 0.6) is 0 Å². The van der Waals surface area contributed by atoms with Gasteiger partial charge in [0, 0.05) is 0 Å². The van der Waals surface area contributed by atoms with E-state index < -0.39 is 57.3 Å². The first kappa shape index (κ1) is 28.5. The van der Waals surface area contributed by atoms with E-state index in [1.54, 1.807) is 0 Å². The Hall–Kier alpha value is -4.46. The highest BCUT2D eigenvalue weighted by molar-refractivity contribution is 5.85. The molecule has 40 heavy (non-hydrogen) atoms. The van der Waals surface area contributed by atoms with Crippen molar-refractivity contribution in [2.45, 2.75) is 13.8 Å². The summed E-state index contributed by atoms with van der Waals surface area (Å²) in [5, 5.41) is -3.66. The van der Waals surface area contributed by atoms with Crippen LogP contribution in [0.15, 0.2) is 72.8 Å². The van der Waals surface area contributed by atoms with E-state index in [1.807, 2.05) is 0 Å². The fraction of sp³-hybridized carbons (Fsp3) is 0.0625. The van der Waals surface area contributed by atoms with Gasteiger partial charge in [-0.25, -0.2) is 35.1 Å². The van der Waals surface area contributed by atoms with Gasteiger partial charge in [0.15, 0.2) is 46.5 Å². The van der Waals surface area contributed by atoms with Crippen molar-refractivity contribution >= 4 is 22.9 Å². The van der Waals surface area contributed by atoms with E-state index in [-0.39, 0.29) is 0 Å². The maximum Gasteiger partial charge on any atom is 0.198 e. The molecule has 0 amide bonds. The summed E-state index contributed by atoms with van der Waals surface area (Å²) in [4.78, 5) is 0. The number of hydrogen-bond acceptors (Lipinski definition) is 0. The molecular weight excluding hydrogens is 536 g/mol. The molecule has 0 aliphatic carbocycles. The van der Waals surface area contributed by atoms with Crippen LogP contribution in [-0.4, -0.2) is 0 Å². The molecule has 204 valence electrons. The van der Waals surface area contributed by atoms with Gasteiger partial charge in [-0.1, -0.05) is 90.5 Å². The van der Waals surface area contributed by atoms with Crippen molar-refractivity contribution in [2.24, 2.45) is 0 Å². The number of hydrogen-bond donors (Lipinski definition) is 0. The zero-order chi connectivity index (χ0) is 29.1. The predicted octanol–water partition coefficient (Wildman–Crippen LogP) is 10.1. The fourth-order valence-electron chi connectivity index (χ4n) is 4.10. The molecule has 0 radical (unpaired) electrons. The van der Waals surface area contributed by atoms with Crippen LogP contribution in [0.25, 0.3) is 34.1 Å². The van der Waals surface area contributed by atoms with Crippen molar-refractivity contribution in [2.75, 3.05) is 0 Å². The summed E-state index contributed by atoms with van der Waals surface area (Å²) in [5.74, 6) is -19.2. The second-order valence-corrected chi connectivity index (χ2v) is 8.91. The van der Waals surface area contributed by atoms with Crippen LogP contribution >= 0.6 is 0 Å². The Kier molecular flexibility index (Phi) is 8.38. The molecule has 5 rings (SSSR count). The van der Waals surface area contributed by atoms with Crippen molar-refractivity contribution in [1.29, 1.82) is 0 Å². The summed E-state index contributed by atoms with van der Waals surface area (Å²) < 4.78 is 104. The summed E-state index contributed by atoms with van der Waals surface area (Å²) in [6.45, 7) is 4.29. The Morgan fingerprint density at radius 3 is 1.43 bits per heavy atom. The monoisotopic (exact) mass is 556 g/mol. The van der Waals surface area contributed by atoms with Crippen LogP contribution in [0.3, 0.4) is 0 Å². The van der Waals surface area contributed by atoms with Crippen molar-refractivity contribution in [3.05, 3.63) is 142 Å². The standard InChI is InChI=1S/C22H20.C10F8/c1-17-12-13-18(2)21(16-17)15-14-20-10-6-7-11-22(20)19-8-4-3-5-9-19;11-3-1-2(5(13)9(17)7(3)15)6(14)10(18)8(16)4(1)12/h3-16H,1-2H3;. The van der Waals surface area contributed by atoms with E-state index in [0.717, 1.165) is 0 Å². The van der Waals surface area contributed by atoms with Gasteiger partial charge >= 0.3 is 0 Å². The molecule has 0 atom stereocenters. The van der Waals surface area contributed by atoms with Crippen molar-refractivity contribution in [3.8, 4) is 11.1 Å². The highest BCUT2D eigenvalue weighted by Gasteiger charge is 2.30. The molecule has 0 N–H and O–H groups in total. The fourth-order valence-corrected chi connectivity index (χ4v) is 4.10. The maximum absolute atomic E-state index is 13.1. The van der Waals surface area contributed by atoms with Crippen LogP contribution in [0.2, 0.25) is 0 Å². The molecule has 0 saturated carbocycles. The Morgan fingerprint density at radius 2 is 0.900 bits per heavy atom. The normalized spacial score (nSPS) is 11.2. The molecule has 0 nitrogen and oxygen atoms in total. The number of aryl methyl sites for hydroxylation is 2. The lowest BCUT2D eigenvalue weighted by molar-refractivity contribution is 0.395. The first-order valence-corrected chi connectivity index (χ1v) is 11.9. The Labute approximate surface area is 224 Å². The molecule has 0 spiro atoms. The van der Waals surface area contributed by atoms with Crippen molar-refractivity contribution < 1.29 is 35.1 Å². The van der Waals surface area contributed by atoms with Gasteiger partial charge in [0.1, 0.15) is 0 Å². The molecule has 0 aliphatic heterocycles. The Balaban J connectivity index is 0.000000189. The van der Waals surface area contributed by atoms with Gasteiger partial charge in [-0.2, -0.15) is 0 Å². The molecular formula is C32H20F8. The van der Waals surface area contributed by atoms with E-state index in [9.17, 15) is 35.1 Å². The highest BCUT2D eigenvalue weighted by atomic mass is 19.2. The molecule has 0 aromatic heterocycles. The summed E-state index contributed by atoms with van der Waals surface area (Å²) in [6.07, 6.45) is 4.42. The zero-order valence-electron chi connectivity index (χ0n) is 21.1. The van der Waals surface area contributed by atoms with Gasteiger partial charge in [0.25, 0.3) is 0 Å². The quantitative estimate of drug-likeness (QED) is 0.0898. The second kappa shape index (κ2) is 11.7. The minimum atomic E-state index is -2.45. The third kappa shape index (κ3) is 5.47. The largest absolute Gasteiger partial charge is 0.203 e. The number of fused-ring (bicyclic) bond motifs is 1. The van der Waals surface area contributed by atoms with Gasteiger partial charge < -0.3 is 0 Å². The first-order valence-electron chi connectivity index (χ1n) is 11.9. The van der Waals surface area contributed by atoms with E-state index in [4.69, 9.17) is 0 Å². The van der Waals surface area contributed by atoms with Crippen LogP contribution in [0, 0.1) is 60.4 Å². The van der Waals surface area contributed by atoms with Gasteiger partial charge in [-0.15, -0.1) is 0 Å². The lowest BCUT2D eigenvalue weighted by Crippen LogP contribution is -2.06. The van der Waals surface area contributed by atoms with Gasteiger partial charge in [-0.05, 0) is 41.7 Å². The van der Waals surface area contributed by atoms with Gasteiger partial charge in [-0.3, -0.25) is 0 Å². The summed E-state index contributed by atoms with van der Waals surface area (Å²) in [7, 11) is 0. The van der Waals surface area contributed by atoms with Crippen LogP contribution < -0.4 is 0 Å². The molecule has 5 aromatic carbocycles. The second-order valence-electron chi connectivity index (χ2n) is 8.91. The summed E-state index contributed by atoms with van der Waals surface area (Å²) >= 11 is 0. The minimum Gasteiger partial charge on any atom is -0.203 e. The van der Waals surface area contributed by atoms with E-state index >= 15 is 0 Å². The maximum atomic E-state index is 13.1. The molecule has 0 unspecified atom stereocenters. The Morgan fingerprint density at radius 1 is 0.450 bits per heavy atom. The number of benzene rings is 5. The highest BCUT2D eigenvalue weighted by Crippen LogP contribution is 2.33. The average Bonchev–Trinajstić information content (AvgIpc) is 2.97. The predicted molar refractivity (Wildman–Crippen MR) is 140 cm³/mol. The molecule has 5 aromatic rings. The van der Waals surface area contributed by atoms with E-state index in [2.05, 4.69) is 98.8 Å². The summed E-state index contributed by atoms with van der Waals surface area (Å²) in [5.41, 5.74) is 7.64. The van der Waals surface area contributed by atoms with Crippen LogP contribution in [0.1, 0.15) is 22.3 Å². The van der Waals surface area contributed by atoms with Gasteiger partial charge in [0.05, 0.1) is 10.8 Å². The average molecular weight is 556 g/mol. The van der Waals surface area contributed by atoms with E-state index in [1.165, 1.54) is 33.4 Å². The zero-order valence-corrected chi connectivity index (χ0v) is 21.1. The minimum absolute atomic E-state index is 1.25. The third-order valence-corrected chi connectivity index (χ3v) is 6.21. The lowest BCUT2D eigenvalue weighted by atomic mass is 9.98. The number of rotatable bonds is 3. The van der Waals surface area contributed by atoms with Gasteiger partial charge in [0.2, 0.25) is 0 Å². The third-order valence-electron chi connectivity index (χ3n) is 6.21. The molecule has 8 heteroatoms.